The Kier molecular flexibility index (Phi) is 8.17. The second kappa shape index (κ2) is 11.1. The minimum atomic E-state index is -0.416. The van der Waals surface area contributed by atoms with Crippen molar-refractivity contribution in [3.63, 3.8) is 0 Å². The molecular formula is C30H48N4O5. The van der Waals surface area contributed by atoms with Gasteiger partial charge in [-0.3, -0.25) is 4.68 Å². The lowest BCUT2D eigenvalue weighted by Crippen LogP contribution is -2.56. The molecule has 1 saturated carbocycles. The quantitative estimate of drug-likeness (QED) is 0.346. The molecule has 9 heteroatoms. The summed E-state index contributed by atoms with van der Waals surface area (Å²) in [7, 11) is 3.87. The number of alkyl carbamates (subject to hydrolysis) is 1. The first-order chi connectivity index (χ1) is 18.5. The Morgan fingerprint density at radius 3 is 2.72 bits per heavy atom. The minimum absolute atomic E-state index is 0.00544. The van der Waals surface area contributed by atoms with Crippen LogP contribution in [0.3, 0.4) is 0 Å². The fourth-order valence-corrected chi connectivity index (χ4v) is 7.08. The average Bonchev–Trinajstić information content (AvgIpc) is 3.66. The van der Waals surface area contributed by atoms with Crippen LogP contribution in [-0.2, 0) is 25.5 Å². The summed E-state index contributed by atoms with van der Waals surface area (Å²) in [5.41, 5.74) is 1.69. The molecule has 4 aliphatic rings. The number of nitrogens with zero attached hydrogens (tertiary/aromatic N) is 3. The Hall–Kier alpha value is -1.94. The van der Waals surface area contributed by atoms with E-state index in [9.17, 15) is 4.79 Å². The number of aromatic nitrogens is 2. The Balaban J connectivity index is 1.23. The number of amides is 1. The summed E-state index contributed by atoms with van der Waals surface area (Å²) in [6, 6.07) is -0.186. The van der Waals surface area contributed by atoms with E-state index in [1.165, 1.54) is 12.0 Å². The van der Waals surface area contributed by atoms with Crippen LogP contribution in [0.15, 0.2) is 24.0 Å². The average molecular weight is 545 g/mol. The lowest BCUT2D eigenvalue weighted by atomic mass is 9.68. The molecule has 8 atom stereocenters. The van der Waals surface area contributed by atoms with Gasteiger partial charge in [0.2, 0.25) is 0 Å². The van der Waals surface area contributed by atoms with Gasteiger partial charge in [-0.1, -0.05) is 25.5 Å². The van der Waals surface area contributed by atoms with Gasteiger partial charge in [-0.05, 0) is 71.9 Å². The fourth-order valence-electron chi connectivity index (χ4n) is 7.08. The van der Waals surface area contributed by atoms with Crippen LogP contribution in [0.1, 0.15) is 71.9 Å². The van der Waals surface area contributed by atoms with E-state index in [1.807, 2.05) is 10.9 Å². The Bertz CT molecular complexity index is 1050. The zero-order valence-corrected chi connectivity index (χ0v) is 24.8. The van der Waals surface area contributed by atoms with Crippen LogP contribution in [-0.4, -0.2) is 84.1 Å². The molecule has 5 rings (SSSR count). The molecule has 0 bridgehead atoms. The van der Waals surface area contributed by atoms with Crippen molar-refractivity contribution >= 4 is 6.09 Å². The predicted octanol–water partition coefficient (Wildman–Crippen LogP) is 4.33. The monoisotopic (exact) mass is 544 g/mol. The topological polar surface area (TPSA) is 93.7 Å². The number of epoxide rings is 2. The third-order valence-electron chi connectivity index (χ3n) is 9.38. The van der Waals surface area contributed by atoms with E-state index in [4.69, 9.17) is 18.9 Å². The molecule has 1 amide bonds. The van der Waals surface area contributed by atoms with Crippen molar-refractivity contribution in [2.45, 2.75) is 102 Å². The van der Waals surface area contributed by atoms with Gasteiger partial charge in [-0.15, -0.1) is 0 Å². The molecule has 1 N–H and O–H groups in total. The van der Waals surface area contributed by atoms with Crippen molar-refractivity contribution in [1.82, 2.24) is 20.0 Å². The van der Waals surface area contributed by atoms with E-state index in [-0.39, 0.29) is 47.4 Å². The maximum absolute atomic E-state index is 13.3. The maximum atomic E-state index is 13.3. The zero-order chi connectivity index (χ0) is 27.9. The van der Waals surface area contributed by atoms with Gasteiger partial charge in [-0.25, -0.2) is 4.79 Å². The summed E-state index contributed by atoms with van der Waals surface area (Å²) in [5, 5.41) is 7.75. The number of carbonyl (C=O) groups is 1. The molecule has 9 nitrogen and oxygen atoms in total. The van der Waals surface area contributed by atoms with Crippen LogP contribution in [0.25, 0.3) is 0 Å². The molecule has 1 spiro atoms. The first kappa shape index (κ1) is 28.6. The number of allylic oxidation sites excluding steroid dienone is 1. The van der Waals surface area contributed by atoms with Crippen molar-refractivity contribution < 1.29 is 23.7 Å². The molecule has 0 aromatic carbocycles. The van der Waals surface area contributed by atoms with Crippen molar-refractivity contribution in [3.05, 3.63) is 29.6 Å². The van der Waals surface area contributed by atoms with Crippen LogP contribution in [0.2, 0.25) is 0 Å². The van der Waals surface area contributed by atoms with Gasteiger partial charge < -0.3 is 29.2 Å². The SMILES string of the molecule is CO[C@@H]1[C@H](OC(=O)N[C@H](c2cnn(C[C@H]3CCN(C)C3)c2)C(C)C)CC[C@]2(CO2)[C@H]1[C@@]1(C)O[C@@H]1CC=C(C)C. The largest absolute Gasteiger partial charge is 0.443 e. The Labute approximate surface area is 233 Å². The first-order valence-electron chi connectivity index (χ1n) is 14.7. The van der Waals surface area contributed by atoms with Crippen molar-refractivity contribution in [1.29, 1.82) is 0 Å². The molecule has 1 aromatic rings. The summed E-state index contributed by atoms with van der Waals surface area (Å²) in [6.07, 6.45) is 8.83. The van der Waals surface area contributed by atoms with Gasteiger partial charge >= 0.3 is 6.09 Å². The Morgan fingerprint density at radius 2 is 2.10 bits per heavy atom. The summed E-state index contributed by atoms with van der Waals surface area (Å²) < 4.78 is 26.5. The molecule has 39 heavy (non-hydrogen) atoms. The number of hydrogen-bond donors (Lipinski definition) is 1. The molecule has 4 heterocycles. The van der Waals surface area contributed by atoms with Gasteiger partial charge in [0.25, 0.3) is 0 Å². The van der Waals surface area contributed by atoms with Crippen molar-refractivity contribution in [3.8, 4) is 0 Å². The second-order valence-electron chi connectivity index (χ2n) is 13.1. The maximum Gasteiger partial charge on any atom is 0.407 e. The van der Waals surface area contributed by atoms with Gasteiger partial charge in [0.1, 0.15) is 23.4 Å². The molecular weight excluding hydrogens is 496 g/mol. The number of likely N-dealkylation sites (tertiary alicyclic amines) is 1. The number of nitrogens with one attached hydrogen (secondary N) is 1. The number of methoxy groups -OCH3 is 1. The van der Waals surface area contributed by atoms with E-state index >= 15 is 0 Å². The molecule has 3 aliphatic heterocycles. The summed E-state index contributed by atoms with van der Waals surface area (Å²) in [5.74, 6) is 0.801. The van der Waals surface area contributed by atoms with Gasteiger partial charge in [0.05, 0.1) is 30.9 Å². The second-order valence-corrected chi connectivity index (χ2v) is 13.1. The number of hydrogen-bond acceptors (Lipinski definition) is 7. The smallest absolute Gasteiger partial charge is 0.407 e. The highest BCUT2D eigenvalue weighted by atomic mass is 16.6. The van der Waals surface area contributed by atoms with E-state index in [0.29, 0.717) is 18.9 Å². The standard InChI is InChI=1S/C30H48N4O5/c1-19(2)8-9-24-29(5,39-24)27-26(36-7)23(10-12-30(27)18-37-30)38-28(35)32-25(20(3)4)22-14-31-34(17-22)16-21-11-13-33(6)15-21/h8,14,17,20-21,23-27H,9-13,15-16,18H2,1-7H3,(H,32,35)/t21-,23+,24+,25-,26+,27+,29-,30-/m0/s1. The zero-order valence-electron chi connectivity index (χ0n) is 24.8. The number of rotatable bonds is 10. The minimum Gasteiger partial charge on any atom is -0.443 e. The molecule has 0 unspecified atom stereocenters. The molecule has 4 fully saturated rings. The normalized spacial score (nSPS) is 36.7. The third kappa shape index (κ3) is 6.06. The summed E-state index contributed by atoms with van der Waals surface area (Å²) in [4.78, 5) is 15.6. The van der Waals surface area contributed by atoms with Crippen molar-refractivity contribution in [2.24, 2.45) is 17.8 Å². The Morgan fingerprint density at radius 1 is 1.33 bits per heavy atom. The van der Waals surface area contributed by atoms with Crippen LogP contribution < -0.4 is 5.32 Å². The molecule has 1 aliphatic carbocycles. The first-order valence-corrected chi connectivity index (χ1v) is 14.7. The van der Waals surface area contributed by atoms with Crippen LogP contribution in [0, 0.1) is 17.8 Å². The molecule has 0 radical (unpaired) electrons. The van der Waals surface area contributed by atoms with Gasteiger partial charge in [-0.2, -0.15) is 5.10 Å². The van der Waals surface area contributed by atoms with E-state index < -0.39 is 6.09 Å². The molecule has 3 saturated heterocycles. The number of carbonyl (C=O) groups excluding carboxylic acids is 1. The highest BCUT2D eigenvalue weighted by Gasteiger charge is 2.72. The van der Waals surface area contributed by atoms with E-state index in [2.05, 4.69) is 69.3 Å². The fraction of sp³-hybridized carbons (Fsp3) is 0.800. The molecule has 1 aromatic heterocycles. The van der Waals surface area contributed by atoms with Gasteiger partial charge in [0.15, 0.2) is 0 Å². The van der Waals surface area contributed by atoms with E-state index in [1.54, 1.807) is 7.11 Å². The van der Waals surface area contributed by atoms with Gasteiger partial charge in [0, 0.05) is 32.0 Å². The highest BCUT2D eigenvalue weighted by molar-refractivity contribution is 5.68. The summed E-state index contributed by atoms with van der Waals surface area (Å²) >= 11 is 0. The van der Waals surface area contributed by atoms with Crippen LogP contribution in [0.4, 0.5) is 4.79 Å². The van der Waals surface area contributed by atoms with Crippen LogP contribution in [0.5, 0.6) is 0 Å². The number of ether oxygens (including phenoxy) is 4. The predicted molar refractivity (Wildman–Crippen MR) is 148 cm³/mol. The summed E-state index contributed by atoms with van der Waals surface area (Å²) in [6.45, 7) is 14.4. The highest BCUT2D eigenvalue weighted by Crippen LogP contribution is 2.59. The molecule has 218 valence electrons. The lowest BCUT2D eigenvalue weighted by molar-refractivity contribution is -0.118. The lowest BCUT2D eigenvalue weighted by Gasteiger charge is -2.42. The third-order valence-corrected chi connectivity index (χ3v) is 9.38. The van der Waals surface area contributed by atoms with Crippen LogP contribution >= 0.6 is 0 Å². The van der Waals surface area contributed by atoms with E-state index in [0.717, 1.165) is 38.0 Å². The van der Waals surface area contributed by atoms with Crippen molar-refractivity contribution in [2.75, 3.05) is 33.9 Å².